The van der Waals surface area contributed by atoms with Gasteiger partial charge in [-0.2, -0.15) is 4.98 Å². The molecule has 1 aliphatic rings. The largest absolute Gasteiger partial charge is 0.481 e. The van der Waals surface area contributed by atoms with Gasteiger partial charge in [0.15, 0.2) is 11.8 Å². The van der Waals surface area contributed by atoms with Gasteiger partial charge in [0.05, 0.1) is 0 Å². The minimum atomic E-state index is -0.440. The van der Waals surface area contributed by atoms with Crippen LogP contribution in [-0.2, 0) is 4.79 Å². The van der Waals surface area contributed by atoms with Crippen LogP contribution in [0.5, 0.6) is 17.4 Å². The maximum absolute atomic E-state index is 12.0. The molecule has 1 aromatic carbocycles. The van der Waals surface area contributed by atoms with Crippen LogP contribution in [0.1, 0.15) is 19.3 Å². The van der Waals surface area contributed by atoms with E-state index in [1.165, 1.54) is 0 Å². The smallest absolute Gasteiger partial charge is 0.261 e. The van der Waals surface area contributed by atoms with Crippen LogP contribution in [0.3, 0.4) is 0 Å². The number of benzene rings is 1. The van der Waals surface area contributed by atoms with E-state index in [4.69, 9.17) is 9.47 Å². The molecule has 4 rings (SSSR count). The highest BCUT2D eigenvalue weighted by molar-refractivity contribution is 5.81. The van der Waals surface area contributed by atoms with Crippen molar-refractivity contribution in [3.05, 3.63) is 48.8 Å². The third kappa shape index (κ3) is 3.72. The van der Waals surface area contributed by atoms with Gasteiger partial charge in [-0.15, -0.1) is 0 Å². The zero-order valence-electron chi connectivity index (χ0n) is 14.1. The number of hydrogen-bond donors (Lipinski definition) is 1. The van der Waals surface area contributed by atoms with Gasteiger partial charge >= 0.3 is 0 Å². The first-order chi connectivity index (χ1) is 12.8. The van der Waals surface area contributed by atoms with Gasteiger partial charge in [-0.05, 0) is 49.6 Å². The lowest BCUT2D eigenvalue weighted by atomic mass is 10.2. The number of nitrogens with zero attached hydrogens (tertiary/aromatic N) is 3. The average Bonchev–Trinajstić information content (AvgIpc) is 2.88. The minimum Gasteiger partial charge on any atom is -0.481 e. The third-order valence-electron chi connectivity index (χ3n) is 4.12. The summed E-state index contributed by atoms with van der Waals surface area (Å²) in [4.78, 5) is 24.6. The maximum Gasteiger partial charge on any atom is 0.261 e. The summed E-state index contributed by atoms with van der Waals surface area (Å²) in [6.45, 7) is 0.717. The van der Waals surface area contributed by atoms with Crippen LogP contribution in [0, 0.1) is 0 Å². The number of hydrogen-bond acceptors (Lipinski definition) is 6. The monoisotopic (exact) mass is 350 g/mol. The molecule has 3 aromatic rings. The second kappa shape index (κ2) is 7.35. The number of amides is 1. The zero-order chi connectivity index (χ0) is 17.8. The molecule has 132 valence electrons. The Labute approximate surface area is 150 Å². The number of aromatic nitrogens is 3. The molecule has 1 aliphatic heterocycles. The number of rotatable bonds is 4. The lowest BCUT2D eigenvalue weighted by Gasteiger charge is -2.16. The van der Waals surface area contributed by atoms with Crippen LogP contribution in [0.4, 0.5) is 0 Å². The molecule has 1 N–H and O–H groups in total. The summed E-state index contributed by atoms with van der Waals surface area (Å²) in [7, 11) is 0. The topological polar surface area (TPSA) is 86.2 Å². The summed E-state index contributed by atoms with van der Waals surface area (Å²) in [5, 5.41) is 2.87. The molecule has 1 unspecified atom stereocenters. The standard InChI is InChI=1S/C19H18N4O3/c24-19-16(3-1-2-10-22-19)25-13-4-6-14(7-5-13)26-17-9-8-15-18(23-17)21-12-11-20-15/h4-9,11-12,16H,1-3,10H2,(H,22,24). The van der Waals surface area contributed by atoms with Crippen molar-refractivity contribution in [1.82, 2.24) is 20.3 Å². The summed E-state index contributed by atoms with van der Waals surface area (Å²) in [6, 6.07) is 10.7. The molecule has 1 atom stereocenters. The molecular formula is C19H18N4O3. The first-order valence-electron chi connectivity index (χ1n) is 8.58. The SMILES string of the molecule is O=C1NCCCCC1Oc1ccc(Oc2ccc3nccnc3n2)cc1. The van der Waals surface area contributed by atoms with E-state index < -0.39 is 6.10 Å². The van der Waals surface area contributed by atoms with Gasteiger partial charge in [0.25, 0.3) is 5.91 Å². The first kappa shape index (κ1) is 16.3. The summed E-state index contributed by atoms with van der Waals surface area (Å²) in [5.41, 5.74) is 1.25. The highest BCUT2D eigenvalue weighted by atomic mass is 16.5. The molecule has 26 heavy (non-hydrogen) atoms. The van der Waals surface area contributed by atoms with Crippen molar-refractivity contribution < 1.29 is 14.3 Å². The van der Waals surface area contributed by atoms with E-state index in [0.29, 0.717) is 35.1 Å². The van der Waals surface area contributed by atoms with E-state index in [-0.39, 0.29) is 5.91 Å². The number of carbonyl (C=O) groups excluding carboxylic acids is 1. The molecule has 3 heterocycles. The fourth-order valence-corrected chi connectivity index (χ4v) is 2.79. The predicted molar refractivity (Wildman–Crippen MR) is 95.1 cm³/mol. The number of carbonyl (C=O) groups is 1. The Bertz CT molecular complexity index is 914. The fraction of sp³-hybridized carbons (Fsp3) is 0.263. The molecule has 1 fully saturated rings. The summed E-state index contributed by atoms with van der Waals surface area (Å²) < 4.78 is 11.6. The zero-order valence-corrected chi connectivity index (χ0v) is 14.1. The van der Waals surface area contributed by atoms with Gasteiger partial charge < -0.3 is 14.8 Å². The number of nitrogens with one attached hydrogen (secondary N) is 1. The number of fused-ring (bicyclic) bond motifs is 1. The molecule has 7 heteroatoms. The molecule has 0 radical (unpaired) electrons. The van der Waals surface area contributed by atoms with E-state index in [1.54, 1.807) is 42.7 Å². The van der Waals surface area contributed by atoms with Crippen molar-refractivity contribution in [2.75, 3.05) is 6.54 Å². The van der Waals surface area contributed by atoms with E-state index >= 15 is 0 Å². The van der Waals surface area contributed by atoms with Crippen molar-refractivity contribution in [2.24, 2.45) is 0 Å². The van der Waals surface area contributed by atoms with Crippen LogP contribution in [-0.4, -0.2) is 33.5 Å². The first-order valence-corrected chi connectivity index (χ1v) is 8.58. The molecule has 1 amide bonds. The van der Waals surface area contributed by atoms with Crippen molar-refractivity contribution >= 4 is 17.1 Å². The van der Waals surface area contributed by atoms with Crippen molar-refractivity contribution in [2.45, 2.75) is 25.4 Å². The van der Waals surface area contributed by atoms with Crippen LogP contribution in [0.25, 0.3) is 11.2 Å². The molecule has 0 aliphatic carbocycles. The van der Waals surface area contributed by atoms with Crippen molar-refractivity contribution in [1.29, 1.82) is 0 Å². The summed E-state index contributed by atoms with van der Waals surface area (Å²) in [6.07, 6.45) is 5.46. The average molecular weight is 350 g/mol. The predicted octanol–water partition coefficient (Wildman–Crippen LogP) is 2.86. The second-order valence-corrected chi connectivity index (χ2v) is 6.02. The Morgan fingerprint density at radius 1 is 0.962 bits per heavy atom. The highest BCUT2D eigenvalue weighted by Crippen LogP contribution is 2.24. The third-order valence-corrected chi connectivity index (χ3v) is 4.12. The Morgan fingerprint density at radius 2 is 1.77 bits per heavy atom. The number of pyridine rings is 1. The van der Waals surface area contributed by atoms with Gasteiger partial charge in [0.1, 0.15) is 17.0 Å². The molecule has 0 bridgehead atoms. The van der Waals surface area contributed by atoms with Gasteiger partial charge in [0.2, 0.25) is 5.88 Å². The summed E-state index contributed by atoms with van der Waals surface area (Å²) >= 11 is 0. The van der Waals surface area contributed by atoms with E-state index in [2.05, 4.69) is 20.3 Å². The second-order valence-electron chi connectivity index (χ2n) is 6.02. The quantitative estimate of drug-likeness (QED) is 0.779. The lowest BCUT2D eigenvalue weighted by molar-refractivity contribution is -0.127. The molecule has 0 saturated carbocycles. The molecular weight excluding hydrogens is 332 g/mol. The Kier molecular flexibility index (Phi) is 4.59. The normalized spacial score (nSPS) is 17.4. The maximum atomic E-state index is 12.0. The molecule has 0 spiro atoms. The van der Waals surface area contributed by atoms with Crippen LogP contribution in [0.15, 0.2) is 48.8 Å². The van der Waals surface area contributed by atoms with E-state index in [9.17, 15) is 4.79 Å². The van der Waals surface area contributed by atoms with Crippen LogP contribution in [0.2, 0.25) is 0 Å². The Hall–Kier alpha value is -3.22. The van der Waals surface area contributed by atoms with E-state index in [1.807, 2.05) is 6.07 Å². The molecule has 1 saturated heterocycles. The Balaban J connectivity index is 1.44. The van der Waals surface area contributed by atoms with Gasteiger partial charge in [-0.25, -0.2) is 4.98 Å². The van der Waals surface area contributed by atoms with E-state index in [0.717, 1.165) is 19.3 Å². The fourth-order valence-electron chi connectivity index (χ4n) is 2.79. The minimum absolute atomic E-state index is 0.0516. The van der Waals surface area contributed by atoms with Gasteiger partial charge in [0, 0.05) is 25.0 Å². The van der Waals surface area contributed by atoms with Gasteiger partial charge in [-0.3, -0.25) is 9.78 Å². The Morgan fingerprint density at radius 3 is 2.65 bits per heavy atom. The number of ether oxygens (including phenoxy) is 2. The summed E-state index contributed by atoms with van der Waals surface area (Å²) in [5.74, 6) is 1.65. The lowest BCUT2D eigenvalue weighted by Crippen LogP contribution is -2.36. The molecule has 2 aromatic heterocycles. The van der Waals surface area contributed by atoms with Crippen LogP contribution >= 0.6 is 0 Å². The van der Waals surface area contributed by atoms with Crippen LogP contribution < -0.4 is 14.8 Å². The molecule has 7 nitrogen and oxygen atoms in total. The highest BCUT2D eigenvalue weighted by Gasteiger charge is 2.22. The van der Waals surface area contributed by atoms with Crippen molar-refractivity contribution in [3.8, 4) is 17.4 Å². The van der Waals surface area contributed by atoms with Crippen molar-refractivity contribution in [3.63, 3.8) is 0 Å². The van der Waals surface area contributed by atoms with Gasteiger partial charge in [-0.1, -0.05) is 0 Å².